The predicted octanol–water partition coefficient (Wildman–Crippen LogP) is 2.01. The number of aryl methyl sites for hydroxylation is 1. The van der Waals surface area contributed by atoms with Crippen molar-refractivity contribution >= 4 is 17.3 Å². The number of nitrogens with one attached hydrogen (secondary N) is 2. The molecule has 1 saturated heterocycles. The monoisotopic (exact) mass is 281 g/mol. The van der Waals surface area contributed by atoms with Crippen LogP contribution in [-0.2, 0) is 17.7 Å². The van der Waals surface area contributed by atoms with E-state index in [1.54, 1.807) is 7.05 Å². The van der Waals surface area contributed by atoms with Crippen LogP contribution in [0, 0.1) is 5.41 Å². The molecule has 0 amide bonds. The average molecular weight is 281 g/mol. The molecule has 1 aliphatic rings. The van der Waals surface area contributed by atoms with Gasteiger partial charge in [-0.3, -0.25) is 4.99 Å². The van der Waals surface area contributed by atoms with E-state index >= 15 is 0 Å². The largest absolute Gasteiger partial charge is 0.380 e. The minimum atomic E-state index is 0.260. The second-order valence-electron chi connectivity index (χ2n) is 5.30. The van der Waals surface area contributed by atoms with Crippen LogP contribution in [0.15, 0.2) is 17.1 Å². The van der Waals surface area contributed by atoms with E-state index in [-0.39, 0.29) is 5.41 Å². The quantitative estimate of drug-likeness (QED) is 0.641. The lowest BCUT2D eigenvalue weighted by Crippen LogP contribution is -2.50. The van der Waals surface area contributed by atoms with Crippen molar-refractivity contribution in [3.8, 4) is 0 Å². The van der Waals surface area contributed by atoms with E-state index < -0.39 is 0 Å². The van der Waals surface area contributed by atoms with Gasteiger partial charge < -0.3 is 15.4 Å². The van der Waals surface area contributed by atoms with Crippen LogP contribution in [0.4, 0.5) is 0 Å². The highest BCUT2D eigenvalue weighted by atomic mass is 32.1. The number of thiophene rings is 1. The van der Waals surface area contributed by atoms with E-state index in [1.165, 1.54) is 9.75 Å². The lowest BCUT2D eigenvalue weighted by atomic mass is 9.89. The molecule has 1 aromatic heterocycles. The Balaban J connectivity index is 1.76. The summed E-state index contributed by atoms with van der Waals surface area (Å²) in [5.74, 6) is 0.861. The Kier molecular flexibility index (Phi) is 4.82. The maximum absolute atomic E-state index is 5.25. The number of guanidine groups is 1. The lowest BCUT2D eigenvalue weighted by Gasteiger charge is -2.38. The summed E-state index contributed by atoms with van der Waals surface area (Å²) in [5, 5.41) is 6.72. The van der Waals surface area contributed by atoms with Gasteiger partial charge in [0, 0.05) is 28.8 Å². The molecule has 0 atom stereocenters. The Hall–Kier alpha value is -1.07. The molecule has 2 N–H and O–H groups in total. The molecule has 2 rings (SSSR count). The second kappa shape index (κ2) is 6.39. The molecule has 0 aliphatic carbocycles. The first kappa shape index (κ1) is 14.3. The number of ether oxygens (including phenoxy) is 1. The third kappa shape index (κ3) is 3.94. The Morgan fingerprint density at radius 2 is 2.11 bits per heavy atom. The number of hydrogen-bond acceptors (Lipinski definition) is 3. The van der Waals surface area contributed by atoms with Crippen LogP contribution in [0.5, 0.6) is 0 Å². The van der Waals surface area contributed by atoms with E-state index in [2.05, 4.69) is 41.6 Å². The van der Waals surface area contributed by atoms with Crippen LogP contribution in [0.2, 0.25) is 0 Å². The first-order valence-electron chi connectivity index (χ1n) is 6.75. The van der Waals surface area contributed by atoms with Crippen LogP contribution >= 0.6 is 11.3 Å². The lowest BCUT2D eigenvalue weighted by molar-refractivity contribution is -0.0971. The van der Waals surface area contributed by atoms with Crippen LogP contribution in [0.3, 0.4) is 0 Å². The Morgan fingerprint density at radius 3 is 2.63 bits per heavy atom. The SMILES string of the molecule is CCc1ccc(CNC(=NC)NCC2(C)COC2)s1. The maximum Gasteiger partial charge on any atom is 0.191 e. The van der Waals surface area contributed by atoms with Crippen LogP contribution in [0.1, 0.15) is 23.6 Å². The molecular weight excluding hydrogens is 258 g/mol. The fraction of sp³-hybridized carbons (Fsp3) is 0.643. The Morgan fingerprint density at radius 1 is 1.37 bits per heavy atom. The van der Waals surface area contributed by atoms with Crippen molar-refractivity contribution in [3.05, 3.63) is 21.9 Å². The zero-order chi connectivity index (χ0) is 13.7. The van der Waals surface area contributed by atoms with Gasteiger partial charge in [0.1, 0.15) is 0 Å². The van der Waals surface area contributed by atoms with Gasteiger partial charge in [0.25, 0.3) is 0 Å². The average Bonchev–Trinajstić information content (AvgIpc) is 2.85. The summed E-state index contributed by atoms with van der Waals surface area (Å²) in [6, 6.07) is 4.38. The fourth-order valence-corrected chi connectivity index (χ4v) is 2.85. The van der Waals surface area contributed by atoms with Crippen LogP contribution in [0.25, 0.3) is 0 Å². The zero-order valence-corrected chi connectivity index (χ0v) is 12.8. The summed E-state index contributed by atoms with van der Waals surface area (Å²) in [7, 11) is 1.81. The predicted molar refractivity (Wildman–Crippen MR) is 80.8 cm³/mol. The van der Waals surface area contributed by atoms with E-state index in [4.69, 9.17) is 4.74 Å². The number of aliphatic imine (C=N–C) groups is 1. The van der Waals surface area contributed by atoms with Crippen molar-refractivity contribution in [2.75, 3.05) is 26.8 Å². The molecule has 0 radical (unpaired) electrons. The molecule has 1 aromatic rings. The standard InChI is InChI=1S/C14H23N3OS/c1-4-11-5-6-12(19-11)7-16-13(15-3)17-8-14(2)9-18-10-14/h5-6H,4,7-10H2,1-3H3,(H2,15,16,17). The van der Waals surface area contributed by atoms with Gasteiger partial charge >= 0.3 is 0 Å². The topological polar surface area (TPSA) is 45.7 Å². The summed E-state index contributed by atoms with van der Waals surface area (Å²) in [4.78, 5) is 7.02. The summed E-state index contributed by atoms with van der Waals surface area (Å²) in [6.07, 6.45) is 1.11. The van der Waals surface area contributed by atoms with E-state index in [0.29, 0.717) is 0 Å². The summed E-state index contributed by atoms with van der Waals surface area (Å²) < 4.78 is 5.25. The van der Waals surface area contributed by atoms with Gasteiger partial charge in [0.05, 0.1) is 19.8 Å². The van der Waals surface area contributed by atoms with Gasteiger partial charge in [0.2, 0.25) is 0 Å². The number of hydrogen-bond donors (Lipinski definition) is 2. The van der Waals surface area contributed by atoms with Gasteiger partial charge in [-0.25, -0.2) is 0 Å². The van der Waals surface area contributed by atoms with E-state index in [1.807, 2.05) is 11.3 Å². The summed E-state index contributed by atoms with van der Waals surface area (Å²) in [5.41, 5.74) is 0.260. The molecule has 19 heavy (non-hydrogen) atoms. The summed E-state index contributed by atoms with van der Waals surface area (Å²) >= 11 is 1.86. The maximum atomic E-state index is 5.25. The smallest absolute Gasteiger partial charge is 0.191 e. The Bertz CT molecular complexity index is 438. The van der Waals surface area contributed by atoms with Crippen molar-refractivity contribution in [1.82, 2.24) is 10.6 Å². The summed E-state index contributed by atoms with van der Waals surface area (Å²) in [6.45, 7) is 7.81. The highest BCUT2D eigenvalue weighted by Crippen LogP contribution is 2.24. The molecule has 5 heteroatoms. The van der Waals surface area contributed by atoms with Crippen LogP contribution < -0.4 is 10.6 Å². The first-order valence-corrected chi connectivity index (χ1v) is 7.57. The third-order valence-corrected chi connectivity index (χ3v) is 4.53. The second-order valence-corrected chi connectivity index (χ2v) is 6.56. The normalized spacial score (nSPS) is 17.9. The van der Waals surface area contributed by atoms with Crippen molar-refractivity contribution < 1.29 is 4.74 Å². The molecule has 1 fully saturated rings. The van der Waals surface area contributed by atoms with Crippen LogP contribution in [-0.4, -0.2) is 32.8 Å². The molecule has 2 heterocycles. The molecular formula is C14H23N3OS. The van der Waals surface area contributed by atoms with Crippen molar-refractivity contribution in [2.45, 2.75) is 26.8 Å². The fourth-order valence-electron chi connectivity index (χ4n) is 1.95. The molecule has 106 valence electrons. The Labute approximate surface area is 119 Å². The zero-order valence-electron chi connectivity index (χ0n) is 12.0. The highest BCUT2D eigenvalue weighted by molar-refractivity contribution is 7.11. The molecule has 1 aliphatic heterocycles. The molecule has 0 aromatic carbocycles. The molecule has 0 bridgehead atoms. The first-order chi connectivity index (χ1) is 9.15. The van der Waals surface area contributed by atoms with Crippen molar-refractivity contribution in [2.24, 2.45) is 10.4 Å². The van der Waals surface area contributed by atoms with Crippen molar-refractivity contribution in [1.29, 1.82) is 0 Å². The van der Waals surface area contributed by atoms with E-state index in [0.717, 1.165) is 38.7 Å². The highest BCUT2D eigenvalue weighted by Gasteiger charge is 2.33. The van der Waals surface area contributed by atoms with Gasteiger partial charge in [-0.2, -0.15) is 0 Å². The van der Waals surface area contributed by atoms with Gasteiger partial charge in [-0.1, -0.05) is 13.8 Å². The molecule has 4 nitrogen and oxygen atoms in total. The molecule has 0 spiro atoms. The molecule has 0 saturated carbocycles. The van der Waals surface area contributed by atoms with E-state index in [9.17, 15) is 0 Å². The third-order valence-electron chi connectivity index (χ3n) is 3.30. The van der Waals surface area contributed by atoms with Gasteiger partial charge in [-0.15, -0.1) is 11.3 Å². The van der Waals surface area contributed by atoms with Gasteiger partial charge in [0.15, 0.2) is 5.96 Å². The van der Waals surface area contributed by atoms with Gasteiger partial charge in [-0.05, 0) is 18.6 Å². The number of rotatable bonds is 5. The number of nitrogens with zero attached hydrogens (tertiary/aromatic N) is 1. The van der Waals surface area contributed by atoms with Crippen molar-refractivity contribution in [3.63, 3.8) is 0 Å². The minimum absolute atomic E-state index is 0.260. The minimum Gasteiger partial charge on any atom is -0.380 e. The molecule has 0 unspecified atom stereocenters.